The lowest BCUT2D eigenvalue weighted by atomic mass is 9.88. The average Bonchev–Trinajstić information content (AvgIpc) is 2.10. The number of hydrogen-bond acceptors (Lipinski definition) is 2. The second-order valence-corrected chi connectivity index (χ2v) is 4.20. The van der Waals surface area contributed by atoms with Crippen LogP contribution in [0.4, 0.5) is 0 Å². The van der Waals surface area contributed by atoms with Crippen LogP contribution in [-0.4, -0.2) is 16.2 Å². The fourth-order valence-electron chi connectivity index (χ4n) is 1.55. The van der Waals surface area contributed by atoms with E-state index in [2.05, 4.69) is 0 Å². The maximum Gasteiger partial charge on any atom is 0.311 e. The molecular formula is C11H13ClO3. The number of phenolic OH excluding ortho intramolecular Hbond substituents is 1. The molecule has 1 aromatic carbocycles. The van der Waals surface area contributed by atoms with E-state index in [9.17, 15) is 9.90 Å². The van der Waals surface area contributed by atoms with E-state index in [-0.39, 0.29) is 11.7 Å². The molecule has 0 saturated carbocycles. The first-order chi connectivity index (χ1) is 6.93. The summed E-state index contributed by atoms with van der Waals surface area (Å²) in [5, 5.41) is 19.1. The highest BCUT2D eigenvalue weighted by Crippen LogP contribution is 2.33. The van der Waals surface area contributed by atoms with Gasteiger partial charge in [0.2, 0.25) is 0 Å². The Morgan fingerprint density at radius 2 is 2.00 bits per heavy atom. The molecule has 0 aliphatic carbocycles. The molecule has 0 fully saturated rings. The van der Waals surface area contributed by atoms with Gasteiger partial charge in [-0.05, 0) is 24.1 Å². The third kappa shape index (κ3) is 2.63. The van der Waals surface area contributed by atoms with Gasteiger partial charge in [-0.1, -0.05) is 25.4 Å². The maximum absolute atomic E-state index is 11.1. The molecule has 0 bridgehead atoms. The lowest BCUT2D eigenvalue weighted by Crippen LogP contribution is -2.17. The Labute approximate surface area is 93.3 Å². The summed E-state index contributed by atoms with van der Waals surface area (Å²) in [6, 6.07) is 4.44. The van der Waals surface area contributed by atoms with Crippen LogP contribution in [0, 0.1) is 5.92 Å². The summed E-state index contributed by atoms with van der Waals surface area (Å²) in [6.45, 7) is 3.58. The zero-order valence-electron chi connectivity index (χ0n) is 8.57. The molecule has 1 rings (SSSR count). The second kappa shape index (κ2) is 4.53. The third-order valence-corrected chi connectivity index (χ3v) is 2.49. The highest BCUT2D eigenvalue weighted by Gasteiger charge is 2.26. The smallest absolute Gasteiger partial charge is 0.311 e. The molecule has 15 heavy (non-hydrogen) atoms. The van der Waals surface area contributed by atoms with Crippen LogP contribution in [-0.2, 0) is 4.79 Å². The summed E-state index contributed by atoms with van der Waals surface area (Å²) in [6.07, 6.45) is 0. The molecule has 0 heterocycles. The van der Waals surface area contributed by atoms with Gasteiger partial charge in [0, 0.05) is 10.6 Å². The normalized spacial score (nSPS) is 12.8. The van der Waals surface area contributed by atoms with Crippen LogP contribution in [0.3, 0.4) is 0 Å². The molecule has 1 atom stereocenters. The largest absolute Gasteiger partial charge is 0.508 e. The van der Waals surface area contributed by atoms with Crippen molar-refractivity contribution in [3.05, 3.63) is 28.8 Å². The van der Waals surface area contributed by atoms with Crippen LogP contribution in [0.25, 0.3) is 0 Å². The first-order valence-corrected chi connectivity index (χ1v) is 5.02. The first-order valence-electron chi connectivity index (χ1n) is 4.64. The van der Waals surface area contributed by atoms with E-state index in [0.717, 1.165) is 0 Å². The minimum atomic E-state index is -0.956. The lowest BCUT2D eigenvalue weighted by molar-refractivity contribution is -0.139. The number of phenols is 1. The highest BCUT2D eigenvalue weighted by molar-refractivity contribution is 6.30. The van der Waals surface area contributed by atoms with E-state index in [4.69, 9.17) is 16.7 Å². The van der Waals surface area contributed by atoms with E-state index in [0.29, 0.717) is 10.6 Å². The minimum Gasteiger partial charge on any atom is -0.508 e. The summed E-state index contributed by atoms with van der Waals surface area (Å²) in [7, 11) is 0. The van der Waals surface area contributed by atoms with Gasteiger partial charge in [-0.15, -0.1) is 0 Å². The molecule has 82 valence electrons. The highest BCUT2D eigenvalue weighted by atomic mass is 35.5. The Balaban J connectivity index is 3.22. The Hall–Kier alpha value is -1.22. The number of benzene rings is 1. The van der Waals surface area contributed by atoms with Gasteiger partial charge < -0.3 is 10.2 Å². The molecule has 0 aromatic heterocycles. The number of aromatic hydroxyl groups is 1. The Kier molecular flexibility index (Phi) is 3.58. The number of rotatable bonds is 3. The lowest BCUT2D eigenvalue weighted by Gasteiger charge is -2.17. The molecule has 1 aromatic rings. The number of carboxylic acid groups (broad SMARTS) is 1. The molecule has 4 heteroatoms. The van der Waals surface area contributed by atoms with Crippen LogP contribution >= 0.6 is 11.6 Å². The van der Waals surface area contributed by atoms with Crippen LogP contribution in [0.1, 0.15) is 25.3 Å². The van der Waals surface area contributed by atoms with Gasteiger partial charge in [-0.25, -0.2) is 0 Å². The predicted molar refractivity (Wildman–Crippen MR) is 58.3 cm³/mol. The minimum absolute atomic E-state index is 0.0273. The third-order valence-electron chi connectivity index (χ3n) is 2.26. The summed E-state index contributed by atoms with van der Waals surface area (Å²) in [5.41, 5.74) is 0.366. The van der Waals surface area contributed by atoms with E-state index >= 15 is 0 Å². The number of carboxylic acids is 1. The van der Waals surface area contributed by atoms with Gasteiger partial charge in [0.05, 0.1) is 5.92 Å². The monoisotopic (exact) mass is 228 g/mol. The zero-order valence-corrected chi connectivity index (χ0v) is 9.32. The van der Waals surface area contributed by atoms with E-state index in [1.54, 1.807) is 13.8 Å². The van der Waals surface area contributed by atoms with Gasteiger partial charge in [0.15, 0.2) is 0 Å². The van der Waals surface area contributed by atoms with Crippen molar-refractivity contribution in [1.29, 1.82) is 0 Å². The van der Waals surface area contributed by atoms with Gasteiger partial charge in [0.25, 0.3) is 0 Å². The number of aliphatic carboxylic acids is 1. The van der Waals surface area contributed by atoms with Gasteiger partial charge >= 0.3 is 5.97 Å². The molecule has 1 unspecified atom stereocenters. The van der Waals surface area contributed by atoms with Crippen molar-refractivity contribution in [2.75, 3.05) is 0 Å². The Morgan fingerprint density at radius 3 is 2.47 bits per heavy atom. The van der Waals surface area contributed by atoms with Crippen LogP contribution in [0.15, 0.2) is 18.2 Å². The standard InChI is InChI=1S/C11H13ClO3/c1-6(2)10(11(14)15)8-5-7(12)3-4-9(8)13/h3-6,10,13H,1-2H3,(H,14,15). The van der Waals surface area contributed by atoms with E-state index in [1.807, 2.05) is 0 Å². The number of halogens is 1. The van der Waals surface area contributed by atoms with Gasteiger partial charge in [-0.3, -0.25) is 4.79 Å². The quantitative estimate of drug-likeness (QED) is 0.837. The van der Waals surface area contributed by atoms with Crippen LogP contribution in [0.2, 0.25) is 5.02 Å². The van der Waals surface area contributed by atoms with Gasteiger partial charge in [0.1, 0.15) is 5.75 Å². The number of hydrogen-bond donors (Lipinski definition) is 2. The van der Waals surface area contributed by atoms with Crippen molar-refractivity contribution >= 4 is 17.6 Å². The Morgan fingerprint density at radius 1 is 1.40 bits per heavy atom. The summed E-state index contributed by atoms with van der Waals surface area (Å²) >= 11 is 5.77. The predicted octanol–water partition coefficient (Wildman–Crippen LogP) is 2.87. The summed E-state index contributed by atoms with van der Waals surface area (Å²) in [4.78, 5) is 11.1. The molecule has 0 aliphatic rings. The first kappa shape index (κ1) is 11.9. The van der Waals surface area contributed by atoms with Crippen molar-refractivity contribution in [3.8, 4) is 5.75 Å². The van der Waals surface area contributed by atoms with Crippen molar-refractivity contribution < 1.29 is 15.0 Å². The second-order valence-electron chi connectivity index (χ2n) is 3.76. The zero-order chi connectivity index (χ0) is 11.6. The average molecular weight is 229 g/mol. The topological polar surface area (TPSA) is 57.5 Å². The van der Waals surface area contributed by atoms with Crippen molar-refractivity contribution in [3.63, 3.8) is 0 Å². The molecular weight excluding hydrogens is 216 g/mol. The van der Waals surface area contributed by atoms with Crippen molar-refractivity contribution in [2.24, 2.45) is 5.92 Å². The van der Waals surface area contributed by atoms with Gasteiger partial charge in [-0.2, -0.15) is 0 Å². The molecule has 0 aliphatic heterocycles. The van der Waals surface area contributed by atoms with E-state index < -0.39 is 11.9 Å². The summed E-state index contributed by atoms with van der Waals surface area (Å²) < 4.78 is 0. The van der Waals surface area contributed by atoms with Crippen LogP contribution < -0.4 is 0 Å². The van der Waals surface area contributed by atoms with Crippen molar-refractivity contribution in [2.45, 2.75) is 19.8 Å². The fraction of sp³-hybridized carbons (Fsp3) is 0.364. The Bertz CT molecular complexity index is 374. The van der Waals surface area contributed by atoms with Crippen LogP contribution in [0.5, 0.6) is 5.75 Å². The molecule has 0 spiro atoms. The summed E-state index contributed by atoms with van der Waals surface area (Å²) in [5.74, 6) is -1.82. The molecule has 0 radical (unpaired) electrons. The molecule has 3 nitrogen and oxygen atoms in total. The molecule has 0 amide bonds. The van der Waals surface area contributed by atoms with Crippen molar-refractivity contribution in [1.82, 2.24) is 0 Å². The SMILES string of the molecule is CC(C)C(C(=O)O)c1cc(Cl)ccc1O. The number of carbonyl (C=O) groups is 1. The fourth-order valence-corrected chi connectivity index (χ4v) is 1.73. The maximum atomic E-state index is 11.1. The van der Waals surface area contributed by atoms with E-state index in [1.165, 1.54) is 18.2 Å². The molecule has 0 saturated heterocycles. The molecule has 2 N–H and O–H groups in total.